The van der Waals surface area contributed by atoms with Crippen molar-refractivity contribution >= 4 is 5.78 Å². The van der Waals surface area contributed by atoms with Gasteiger partial charge in [-0.3, -0.25) is 9.48 Å². The summed E-state index contributed by atoms with van der Waals surface area (Å²) in [5, 5.41) is 4.03. The second kappa shape index (κ2) is 3.95. The van der Waals surface area contributed by atoms with Crippen molar-refractivity contribution in [1.29, 1.82) is 0 Å². The molecule has 14 heavy (non-hydrogen) atoms. The summed E-state index contributed by atoms with van der Waals surface area (Å²) in [4.78, 5) is 11.6. The molecule has 0 saturated carbocycles. The summed E-state index contributed by atoms with van der Waals surface area (Å²) in [6, 6.07) is 0. The molecule has 0 spiro atoms. The van der Waals surface area contributed by atoms with Crippen LogP contribution in [0.4, 0.5) is 0 Å². The van der Waals surface area contributed by atoms with Crippen molar-refractivity contribution in [3.05, 3.63) is 18.0 Å². The molecular formula is C11H18N2O. The number of carbonyl (C=O) groups excluding carboxylic acids is 1. The Hall–Kier alpha value is -1.12. The second-order valence-corrected chi connectivity index (χ2v) is 4.98. The van der Waals surface area contributed by atoms with Crippen molar-refractivity contribution in [2.24, 2.45) is 12.5 Å². The molecule has 0 aliphatic rings. The molecule has 0 unspecified atom stereocenters. The number of aryl methyl sites for hydroxylation is 1. The second-order valence-electron chi connectivity index (χ2n) is 4.98. The molecule has 1 rings (SSSR count). The van der Waals surface area contributed by atoms with Gasteiger partial charge in [-0.05, 0) is 11.0 Å². The number of nitrogens with zero attached hydrogens (tertiary/aromatic N) is 2. The third kappa shape index (κ3) is 3.73. The zero-order valence-corrected chi connectivity index (χ0v) is 9.37. The molecule has 0 amide bonds. The van der Waals surface area contributed by atoms with Crippen LogP contribution in [0, 0.1) is 5.41 Å². The third-order valence-electron chi connectivity index (χ3n) is 1.89. The van der Waals surface area contributed by atoms with Gasteiger partial charge in [-0.25, -0.2) is 0 Å². The molecule has 3 nitrogen and oxygen atoms in total. The minimum Gasteiger partial charge on any atom is -0.299 e. The van der Waals surface area contributed by atoms with Crippen molar-refractivity contribution in [2.75, 3.05) is 0 Å². The summed E-state index contributed by atoms with van der Waals surface area (Å²) in [7, 11) is 1.86. The van der Waals surface area contributed by atoms with Gasteiger partial charge < -0.3 is 0 Å². The summed E-state index contributed by atoms with van der Waals surface area (Å²) >= 11 is 0. The molecule has 0 radical (unpaired) electrons. The largest absolute Gasteiger partial charge is 0.299 e. The van der Waals surface area contributed by atoms with Crippen molar-refractivity contribution in [3.8, 4) is 0 Å². The van der Waals surface area contributed by atoms with Gasteiger partial charge in [0, 0.05) is 26.1 Å². The van der Waals surface area contributed by atoms with Gasteiger partial charge >= 0.3 is 0 Å². The summed E-state index contributed by atoms with van der Waals surface area (Å²) < 4.78 is 1.72. The van der Waals surface area contributed by atoms with Gasteiger partial charge in [0.05, 0.1) is 6.20 Å². The zero-order valence-electron chi connectivity index (χ0n) is 9.37. The first-order chi connectivity index (χ1) is 6.37. The van der Waals surface area contributed by atoms with E-state index in [9.17, 15) is 4.79 Å². The van der Waals surface area contributed by atoms with Crippen LogP contribution in [0.25, 0.3) is 0 Å². The molecule has 0 aliphatic heterocycles. The van der Waals surface area contributed by atoms with Gasteiger partial charge in [-0.1, -0.05) is 20.8 Å². The minimum atomic E-state index is 0.0826. The highest BCUT2D eigenvalue weighted by Gasteiger charge is 2.16. The predicted molar refractivity (Wildman–Crippen MR) is 56.0 cm³/mol. The Morgan fingerprint density at radius 1 is 1.50 bits per heavy atom. The Labute approximate surface area is 85.1 Å². The molecule has 0 fully saturated rings. The first-order valence-corrected chi connectivity index (χ1v) is 4.86. The van der Waals surface area contributed by atoms with E-state index in [4.69, 9.17) is 0 Å². The van der Waals surface area contributed by atoms with Crippen molar-refractivity contribution in [1.82, 2.24) is 9.78 Å². The predicted octanol–water partition coefficient (Wildman–Crippen LogP) is 1.97. The fourth-order valence-corrected chi connectivity index (χ4v) is 1.44. The van der Waals surface area contributed by atoms with Crippen LogP contribution in [-0.2, 0) is 18.3 Å². The first-order valence-electron chi connectivity index (χ1n) is 4.86. The highest BCUT2D eigenvalue weighted by Crippen LogP contribution is 2.19. The van der Waals surface area contributed by atoms with Crippen LogP contribution in [0.5, 0.6) is 0 Å². The number of hydrogen-bond donors (Lipinski definition) is 0. The molecule has 0 bridgehead atoms. The van der Waals surface area contributed by atoms with E-state index in [0.717, 1.165) is 5.56 Å². The Kier molecular flexibility index (Phi) is 3.09. The zero-order chi connectivity index (χ0) is 10.8. The van der Waals surface area contributed by atoms with Crippen LogP contribution < -0.4 is 0 Å². The van der Waals surface area contributed by atoms with E-state index >= 15 is 0 Å². The Morgan fingerprint density at radius 3 is 2.57 bits per heavy atom. The maximum atomic E-state index is 11.6. The number of rotatable bonds is 3. The molecule has 0 atom stereocenters. The Morgan fingerprint density at radius 2 is 2.14 bits per heavy atom. The molecule has 78 valence electrons. The third-order valence-corrected chi connectivity index (χ3v) is 1.89. The van der Waals surface area contributed by atoms with Gasteiger partial charge in [0.15, 0.2) is 0 Å². The molecular weight excluding hydrogens is 176 g/mol. The highest BCUT2D eigenvalue weighted by atomic mass is 16.1. The fourth-order valence-electron chi connectivity index (χ4n) is 1.44. The lowest BCUT2D eigenvalue weighted by Gasteiger charge is -2.16. The normalized spacial score (nSPS) is 11.7. The molecule has 0 aromatic carbocycles. The quantitative estimate of drug-likeness (QED) is 0.737. The van der Waals surface area contributed by atoms with E-state index in [1.165, 1.54) is 0 Å². The number of Topliss-reactive ketones (excluding diaryl/α,β-unsaturated/α-hetero) is 1. The summed E-state index contributed by atoms with van der Waals surface area (Å²) in [5.41, 5.74) is 1.08. The number of carbonyl (C=O) groups is 1. The van der Waals surface area contributed by atoms with Gasteiger partial charge in [0.25, 0.3) is 0 Å². The summed E-state index contributed by atoms with van der Waals surface area (Å²) in [6.07, 6.45) is 4.77. The summed E-state index contributed by atoms with van der Waals surface area (Å²) in [6.45, 7) is 6.23. The number of aromatic nitrogens is 2. The van der Waals surface area contributed by atoms with Crippen LogP contribution in [0.1, 0.15) is 32.8 Å². The van der Waals surface area contributed by atoms with Crippen molar-refractivity contribution in [3.63, 3.8) is 0 Å². The minimum absolute atomic E-state index is 0.0826. The van der Waals surface area contributed by atoms with Gasteiger partial charge in [-0.2, -0.15) is 5.10 Å². The monoisotopic (exact) mass is 194 g/mol. The summed E-state index contributed by atoms with van der Waals surface area (Å²) in [5.74, 6) is 0.283. The first kappa shape index (κ1) is 11.0. The molecule has 0 aliphatic carbocycles. The van der Waals surface area contributed by atoms with Crippen LogP contribution >= 0.6 is 0 Å². The SMILES string of the molecule is Cn1cc(CC(=O)CC(C)(C)C)cn1. The lowest BCUT2D eigenvalue weighted by atomic mass is 9.88. The maximum absolute atomic E-state index is 11.6. The van der Waals surface area contributed by atoms with E-state index < -0.39 is 0 Å². The van der Waals surface area contributed by atoms with E-state index in [-0.39, 0.29) is 11.2 Å². The molecule has 0 saturated heterocycles. The van der Waals surface area contributed by atoms with E-state index in [2.05, 4.69) is 25.9 Å². The van der Waals surface area contributed by atoms with Crippen LogP contribution in [-0.4, -0.2) is 15.6 Å². The highest BCUT2D eigenvalue weighted by molar-refractivity contribution is 5.81. The van der Waals surface area contributed by atoms with E-state index in [1.807, 2.05) is 13.2 Å². The van der Waals surface area contributed by atoms with Gasteiger partial charge in [0.1, 0.15) is 5.78 Å². The smallest absolute Gasteiger partial charge is 0.137 e. The standard InChI is InChI=1S/C11H18N2O/c1-11(2,3)6-10(14)5-9-7-12-13(4)8-9/h7-8H,5-6H2,1-4H3. The van der Waals surface area contributed by atoms with Gasteiger partial charge in [-0.15, -0.1) is 0 Å². The Bertz CT molecular complexity index is 320. The van der Waals surface area contributed by atoms with Crippen LogP contribution in [0.2, 0.25) is 0 Å². The van der Waals surface area contributed by atoms with Crippen molar-refractivity contribution < 1.29 is 4.79 Å². The van der Waals surface area contributed by atoms with Gasteiger partial charge in [0.2, 0.25) is 0 Å². The molecule has 1 aromatic heterocycles. The molecule has 1 heterocycles. The van der Waals surface area contributed by atoms with Crippen LogP contribution in [0.3, 0.4) is 0 Å². The van der Waals surface area contributed by atoms with E-state index in [1.54, 1.807) is 10.9 Å². The lowest BCUT2D eigenvalue weighted by Crippen LogP contribution is -2.14. The average Bonchev–Trinajstić information content (AvgIpc) is 2.30. The fraction of sp³-hybridized carbons (Fsp3) is 0.636. The van der Waals surface area contributed by atoms with Crippen LogP contribution in [0.15, 0.2) is 12.4 Å². The molecule has 1 aromatic rings. The molecule has 3 heteroatoms. The average molecular weight is 194 g/mol. The number of ketones is 1. The topological polar surface area (TPSA) is 34.9 Å². The maximum Gasteiger partial charge on any atom is 0.137 e. The van der Waals surface area contributed by atoms with E-state index in [0.29, 0.717) is 12.8 Å². The molecule has 0 N–H and O–H groups in total. The Balaban J connectivity index is 2.50. The van der Waals surface area contributed by atoms with Crippen molar-refractivity contribution in [2.45, 2.75) is 33.6 Å². The number of hydrogen-bond acceptors (Lipinski definition) is 2. The lowest BCUT2D eigenvalue weighted by molar-refractivity contribution is -0.120.